The summed E-state index contributed by atoms with van der Waals surface area (Å²) in [6.07, 6.45) is 9.41. The van der Waals surface area contributed by atoms with Gasteiger partial charge < -0.3 is 10.1 Å². The first kappa shape index (κ1) is 26.4. The van der Waals surface area contributed by atoms with Crippen LogP contribution in [0.5, 0.6) is 0 Å². The lowest BCUT2D eigenvalue weighted by atomic mass is 9.76. The lowest BCUT2D eigenvalue weighted by Crippen LogP contribution is -2.57. The average Bonchev–Trinajstić information content (AvgIpc) is 3.59. The Balaban J connectivity index is 1.56. The predicted octanol–water partition coefficient (Wildman–Crippen LogP) is 4.49. The van der Waals surface area contributed by atoms with Crippen LogP contribution in [0.1, 0.15) is 55.3 Å². The summed E-state index contributed by atoms with van der Waals surface area (Å²) in [5, 5.41) is 24.6. The van der Waals surface area contributed by atoms with Gasteiger partial charge >= 0.3 is 5.97 Å². The predicted molar refractivity (Wildman–Crippen MR) is 146 cm³/mol. The monoisotopic (exact) mass is 524 g/mol. The fourth-order valence-corrected chi connectivity index (χ4v) is 6.19. The molecule has 5 rings (SSSR count). The van der Waals surface area contributed by atoms with Gasteiger partial charge in [-0.05, 0) is 36.1 Å². The number of nitrogens with zero attached hydrogens (tertiary/aromatic N) is 2. The number of unbranched alkanes of at least 4 members (excludes halogenated alkanes) is 2. The molecule has 3 heterocycles. The number of carboxylic acids is 1. The highest BCUT2D eigenvalue weighted by Gasteiger charge is 2.68. The first-order chi connectivity index (χ1) is 18.9. The number of hydrogen-bond acceptors (Lipinski definition) is 5. The Hall–Kier alpha value is -4.22. The lowest BCUT2D eigenvalue weighted by Gasteiger charge is -2.31. The van der Waals surface area contributed by atoms with Gasteiger partial charge in [0.05, 0.1) is 23.5 Å². The highest BCUT2D eigenvalue weighted by atomic mass is 16.4. The molecule has 2 amide bonds. The third kappa shape index (κ3) is 4.53. The highest BCUT2D eigenvalue weighted by molar-refractivity contribution is 6.09. The number of nitrogens with one attached hydrogen (secondary N) is 2. The molecule has 200 valence electrons. The van der Waals surface area contributed by atoms with Crippen molar-refractivity contribution in [1.82, 2.24) is 15.2 Å². The van der Waals surface area contributed by atoms with Gasteiger partial charge in [-0.2, -0.15) is 5.26 Å². The van der Waals surface area contributed by atoms with Crippen LogP contribution in [0.25, 0.3) is 10.9 Å². The summed E-state index contributed by atoms with van der Waals surface area (Å²) in [4.78, 5) is 45.3. The normalized spacial score (nSPS) is 24.5. The number of amides is 2. The number of fused-ring (bicyclic) bond motifs is 2. The smallest absolute Gasteiger partial charge is 0.325 e. The second-order valence-corrected chi connectivity index (χ2v) is 10.4. The number of imide groups is 1. The molecule has 2 aliphatic heterocycles. The topological polar surface area (TPSA) is 126 Å². The van der Waals surface area contributed by atoms with E-state index in [1.807, 2.05) is 30.3 Å². The van der Waals surface area contributed by atoms with E-state index in [9.17, 15) is 24.8 Å². The molecule has 0 saturated carbocycles. The van der Waals surface area contributed by atoms with Crippen molar-refractivity contribution in [3.63, 3.8) is 0 Å². The van der Waals surface area contributed by atoms with Crippen LogP contribution in [0.3, 0.4) is 0 Å². The molecule has 2 fully saturated rings. The maximum absolute atomic E-state index is 13.9. The average molecular weight is 525 g/mol. The Labute approximate surface area is 227 Å². The first-order valence-corrected chi connectivity index (χ1v) is 13.5. The fraction of sp³-hybridized carbons (Fsp3) is 0.355. The molecule has 4 atom stereocenters. The number of carbonyl (C=O) groups is 3. The number of H-pyrrole nitrogens is 1. The van der Waals surface area contributed by atoms with E-state index in [4.69, 9.17) is 0 Å². The molecule has 2 aromatic carbocycles. The minimum atomic E-state index is -1.73. The quantitative estimate of drug-likeness (QED) is 0.204. The highest BCUT2D eigenvalue weighted by Crippen LogP contribution is 2.50. The summed E-state index contributed by atoms with van der Waals surface area (Å²) in [7, 11) is 0. The number of benzene rings is 2. The molecule has 0 radical (unpaired) electrons. The molecule has 3 aromatic rings. The van der Waals surface area contributed by atoms with E-state index in [1.54, 1.807) is 30.5 Å². The van der Waals surface area contributed by atoms with E-state index in [0.717, 1.165) is 35.7 Å². The number of carbonyl (C=O) groups excluding carboxylic acids is 2. The van der Waals surface area contributed by atoms with Gasteiger partial charge in [-0.1, -0.05) is 68.3 Å². The molecular weight excluding hydrogens is 492 g/mol. The van der Waals surface area contributed by atoms with E-state index in [1.165, 1.54) is 4.90 Å². The van der Waals surface area contributed by atoms with Crippen molar-refractivity contribution in [2.45, 2.75) is 50.6 Å². The van der Waals surface area contributed by atoms with Crippen molar-refractivity contribution in [1.29, 1.82) is 5.26 Å². The number of allylic oxidation sites excluding steroid dienone is 1. The molecule has 1 aromatic heterocycles. The molecule has 4 unspecified atom stereocenters. The molecule has 8 heteroatoms. The van der Waals surface area contributed by atoms with E-state index >= 15 is 0 Å². The van der Waals surface area contributed by atoms with Crippen molar-refractivity contribution in [3.05, 3.63) is 83.6 Å². The minimum Gasteiger partial charge on any atom is -0.480 e. The summed E-state index contributed by atoms with van der Waals surface area (Å²) in [6, 6.07) is 15.8. The SMILES string of the molecule is CCCCC=CCCN1C(=O)C2C(c3ccccc3C#N)NC(Cc3c[nH]c4ccccc34)(C(=O)O)C2C1=O. The Kier molecular flexibility index (Phi) is 7.36. The van der Waals surface area contributed by atoms with Crippen molar-refractivity contribution < 1.29 is 19.5 Å². The molecule has 2 aliphatic rings. The van der Waals surface area contributed by atoms with E-state index in [2.05, 4.69) is 29.4 Å². The van der Waals surface area contributed by atoms with Crippen LogP contribution in [-0.2, 0) is 20.8 Å². The molecule has 8 nitrogen and oxygen atoms in total. The Bertz CT molecular complexity index is 1480. The Morgan fingerprint density at radius 1 is 1.10 bits per heavy atom. The molecule has 3 N–H and O–H groups in total. The molecular formula is C31H32N4O4. The Morgan fingerprint density at radius 2 is 1.85 bits per heavy atom. The molecule has 0 aliphatic carbocycles. The molecule has 0 bridgehead atoms. The fourth-order valence-electron chi connectivity index (χ4n) is 6.19. The van der Waals surface area contributed by atoms with Crippen molar-refractivity contribution in [2.24, 2.45) is 11.8 Å². The number of likely N-dealkylation sites (tertiary alicyclic amines) is 1. The van der Waals surface area contributed by atoms with Crippen LogP contribution in [0.15, 0.2) is 66.9 Å². The molecule has 2 saturated heterocycles. The van der Waals surface area contributed by atoms with Crippen LogP contribution in [0, 0.1) is 23.2 Å². The first-order valence-electron chi connectivity index (χ1n) is 13.5. The lowest BCUT2D eigenvalue weighted by molar-refractivity contribution is -0.151. The number of hydrogen-bond donors (Lipinski definition) is 3. The summed E-state index contributed by atoms with van der Waals surface area (Å²) in [5.41, 5.74) is 0.741. The van der Waals surface area contributed by atoms with E-state index < -0.39 is 35.3 Å². The minimum absolute atomic E-state index is 0.00249. The summed E-state index contributed by atoms with van der Waals surface area (Å²) < 4.78 is 0. The largest absolute Gasteiger partial charge is 0.480 e. The van der Waals surface area contributed by atoms with Gasteiger partial charge in [0, 0.05) is 36.1 Å². The van der Waals surface area contributed by atoms with Crippen molar-refractivity contribution in [3.8, 4) is 6.07 Å². The summed E-state index contributed by atoms with van der Waals surface area (Å²) in [6.45, 7) is 2.32. The zero-order chi connectivity index (χ0) is 27.6. The van der Waals surface area contributed by atoms with Gasteiger partial charge in [0.15, 0.2) is 0 Å². The number of aromatic amines is 1. The van der Waals surface area contributed by atoms with Gasteiger partial charge in [0.25, 0.3) is 0 Å². The van der Waals surface area contributed by atoms with Gasteiger partial charge in [0.2, 0.25) is 11.8 Å². The van der Waals surface area contributed by atoms with E-state index in [0.29, 0.717) is 17.5 Å². The van der Waals surface area contributed by atoms with Crippen LogP contribution >= 0.6 is 0 Å². The zero-order valence-corrected chi connectivity index (χ0v) is 21.9. The number of carboxylic acid groups (broad SMARTS) is 1. The third-order valence-electron chi connectivity index (χ3n) is 8.10. The molecule has 0 spiro atoms. The van der Waals surface area contributed by atoms with Crippen LogP contribution in [0.4, 0.5) is 0 Å². The maximum atomic E-state index is 13.9. The van der Waals surface area contributed by atoms with Crippen molar-refractivity contribution >= 4 is 28.7 Å². The number of aromatic nitrogens is 1. The standard InChI is InChI=1S/C31H32N4O4/c1-2-3-4-5-6-11-16-35-28(36)25-26(29(35)37)31(30(38)39,17-21-19-33-24-15-10-9-13-22(21)24)34-27(25)23-14-8-7-12-20(23)18-32/h5-10,12-15,19,25-27,33-34H,2-4,11,16-17H2,1H3,(H,38,39). The van der Waals surface area contributed by atoms with Gasteiger partial charge in [-0.25, -0.2) is 0 Å². The third-order valence-corrected chi connectivity index (χ3v) is 8.10. The Morgan fingerprint density at radius 3 is 2.62 bits per heavy atom. The van der Waals surface area contributed by atoms with E-state index in [-0.39, 0.29) is 18.9 Å². The summed E-state index contributed by atoms with van der Waals surface area (Å²) >= 11 is 0. The van der Waals surface area contributed by atoms with Gasteiger partial charge in [-0.15, -0.1) is 0 Å². The van der Waals surface area contributed by atoms with Crippen LogP contribution in [-0.4, -0.2) is 44.9 Å². The van der Waals surface area contributed by atoms with Gasteiger partial charge in [0.1, 0.15) is 5.54 Å². The summed E-state index contributed by atoms with van der Waals surface area (Å²) in [5.74, 6) is -4.10. The number of para-hydroxylation sites is 1. The number of nitriles is 1. The van der Waals surface area contributed by atoms with Crippen LogP contribution in [0.2, 0.25) is 0 Å². The van der Waals surface area contributed by atoms with Gasteiger partial charge in [-0.3, -0.25) is 24.6 Å². The zero-order valence-electron chi connectivity index (χ0n) is 21.9. The second kappa shape index (κ2) is 10.9. The second-order valence-electron chi connectivity index (χ2n) is 10.4. The number of rotatable bonds is 10. The number of aliphatic carboxylic acids is 1. The molecule has 39 heavy (non-hydrogen) atoms. The van der Waals surface area contributed by atoms with Crippen LogP contribution < -0.4 is 5.32 Å². The maximum Gasteiger partial charge on any atom is 0.325 e. The van der Waals surface area contributed by atoms with Crippen molar-refractivity contribution in [2.75, 3.05) is 6.54 Å².